The van der Waals surface area contributed by atoms with Crippen molar-refractivity contribution in [2.75, 3.05) is 5.73 Å². The predicted octanol–water partition coefficient (Wildman–Crippen LogP) is -0.131. The maximum atomic E-state index is 12.2. The lowest BCUT2D eigenvalue weighted by Crippen LogP contribution is -2.43. The minimum absolute atomic E-state index is 0.143. The van der Waals surface area contributed by atoms with E-state index in [9.17, 15) is 33.4 Å². The van der Waals surface area contributed by atoms with Gasteiger partial charge in [-0.15, -0.1) is 0 Å². The number of H-pyrrole nitrogens is 1. The molecule has 36 heavy (non-hydrogen) atoms. The van der Waals surface area contributed by atoms with Crippen LogP contribution in [0.4, 0.5) is 5.95 Å². The molecule has 200 valence electrons. The standard InChI is InChI=1S/C13H16Cl2N5O13P3/c1-5(31-35(26,27)33-36(28,29)32-34(23,24)25)7-8(21)13(15,2-3-14)11(30-7)20-4-17-6-9(20)18-12(16)19-10(6)22/h4-5,7-8,11,21H,1H3,(H,26,27)(H,28,29)(H2,23,24,25)(H3,16,18,19,22)/t5-,7-,8+,11-,13?/m1/s1. The van der Waals surface area contributed by atoms with Gasteiger partial charge in [-0.25, -0.2) is 18.7 Å². The van der Waals surface area contributed by atoms with Crippen molar-refractivity contribution < 1.29 is 56.3 Å². The highest BCUT2D eigenvalue weighted by Crippen LogP contribution is 2.66. The van der Waals surface area contributed by atoms with E-state index in [0.29, 0.717) is 0 Å². The van der Waals surface area contributed by atoms with E-state index in [4.69, 9.17) is 43.5 Å². The van der Waals surface area contributed by atoms with E-state index in [1.165, 1.54) is 0 Å². The lowest BCUT2D eigenvalue weighted by molar-refractivity contribution is -0.0728. The third kappa shape index (κ3) is 6.18. The van der Waals surface area contributed by atoms with Crippen LogP contribution >= 0.6 is 46.7 Å². The Labute approximate surface area is 209 Å². The Balaban J connectivity index is 1.92. The van der Waals surface area contributed by atoms with Crippen LogP contribution in [0.5, 0.6) is 0 Å². The zero-order chi connectivity index (χ0) is 27.3. The molecular formula is C13H16Cl2N5O13P3. The first-order valence-corrected chi connectivity index (χ1v) is 14.4. The minimum Gasteiger partial charge on any atom is -0.387 e. The first-order valence-electron chi connectivity index (χ1n) is 9.09. The fraction of sp³-hybridized carbons (Fsp3) is 0.462. The first-order chi connectivity index (χ1) is 16.4. The molecule has 2 aromatic rings. The highest BCUT2D eigenvalue weighted by atomic mass is 35.5. The summed E-state index contributed by atoms with van der Waals surface area (Å²) in [7, 11) is -17.0. The van der Waals surface area contributed by atoms with Crippen molar-refractivity contribution in [2.24, 2.45) is 0 Å². The molecule has 1 fully saturated rings. The Morgan fingerprint density at radius 3 is 2.50 bits per heavy atom. The van der Waals surface area contributed by atoms with E-state index >= 15 is 0 Å². The number of hydrogen-bond donors (Lipinski definition) is 7. The number of hydrogen-bond acceptors (Lipinski definition) is 12. The zero-order valence-electron chi connectivity index (χ0n) is 17.4. The van der Waals surface area contributed by atoms with Crippen molar-refractivity contribution in [3.8, 4) is 11.3 Å². The summed E-state index contributed by atoms with van der Waals surface area (Å²) in [5.74, 6) is 2.02. The van der Waals surface area contributed by atoms with Crippen LogP contribution in [0.1, 0.15) is 13.2 Å². The number of phosphoric acid groups is 3. The number of aliphatic hydroxyl groups excluding tert-OH is 1. The molecule has 3 heterocycles. The van der Waals surface area contributed by atoms with Crippen LogP contribution in [0, 0.1) is 11.3 Å². The lowest BCUT2D eigenvalue weighted by Gasteiger charge is -2.26. The van der Waals surface area contributed by atoms with Crippen LogP contribution < -0.4 is 11.3 Å². The zero-order valence-corrected chi connectivity index (χ0v) is 21.6. The quantitative estimate of drug-likeness (QED) is 0.116. The number of aromatic amines is 1. The molecule has 8 N–H and O–H groups in total. The molecule has 23 heteroatoms. The molecule has 0 amide bonds. The van der Waals surface area contributed by atoms with E-state index in [1.807, 2.05) is 5.38 Å². The number of alkyl halides is 1. The van der Waals surface area contributed by atoms with Crippen LogP contribution in [0.2, 0.25) is 0 Å². The van der Waals surface area contributed by atoms with Crippen LogP contribution in [-0.2, 0) is 31.6 Å². The molecule has 3 rings (SSSR count). The smallest absolute Gasteiger partial charge is 0.387 e. The van der Waals surface area contributed by atoms with E-state index in [0.717, 1.165) is 17.8 Å². The van der Waals surface area contributed by atoms with Crippen LogP contribution in [0.25, 0.3) is 11.2 Å². The van der Waals surface area contributed by atoms with E-state index in [2.05, 4.69) is 34.0 Å². The molecule has 18 nitrogen and oxygen atoms in total. The second-order valence-corrected chi connectivity index (χ2v) is 12.2. The molecular weight excluding hydrogens is 598 g/mol. The third-order valence-corrected chi connectivity index (χ3v) is 9.03. The number of rotatable bonds is 8. The van der Waals surface area contributed by atoms with Gasteiger partial charge < -0.3 is 35.2 Å². The molecule has 7 atom stereocenters. The SMILES string of the molecule is C[C@@H](OP(=O)(O)OP(=O)(O)OP(=O)(O)O)[C@H]1O[C@@H](n2cnc3c(=O)[nH]c(N)nc32)C(Cl)(C#CCl)[C@H]1O. The Hall–Kier alpha value is -1.38. The van der Waals surface area contributed by atoms with Gasteiger partial charge in [0.15, 0.2) is 22.3 Å². The van der Waals surface area contributed by atoms with Gasteiger partial charge in [-0.05, 0) is 18.5 Å². The maximum Gasteiger partial charge on any atom is 0.490 e. The topological polar surface area (TPSA) is 279 Å². The Kier molecular flexibility index (Phi) is 8.16. The van der Waals surface area contributed by atoms with Gasteiger partial charge in [0.25, 0.3) is 5.56 Å². The fourth-order valence-electron chi connectivity index (χ4n) is 3.23. The van der Waals surface area contributed by atoms with E-state index in [1.54, 1.807) is 0 Å². The largest absolute Gasteiger partial charge is 0.490 e. The number of anilines is 1. The molecule has 0 saturated carbocycles. The van der Waals surface area contributed by atoms with Gasteiger partial charge in [0, 0.05) is 5.38 Å². The number of nitrogens with two attached hydrogens (primary N) is 1. The molecule has 0 radical (unpaired) electrons. The van der Waals surface area contributed by atoms with Gasteiger partial charge in [-0.1, -0.05) is 17.5 Å². The predicted molar refractivity (Wildman–Crippen MR) is 119 cm³/mol. The number of nitrogens with zero attached hydrogens (tertiary/aromatic N) is 3. The summed E-state index contributed by atoms with van der Waals surface area (Å²) in [5.41, 5.74) is 4.52. The summed E-state index contributed by atoms with van der Waals surface area (Å²) < 4.78 is 53.2. The summed E-state index contributed by atoms with van der Waals surface area (Å²) in [6.07, 6.45) is -5.62. The summed E-state index contributed by atoms with van der Waals surface area (Å²) in [6, 6.07) is 0. The number of imidazole rings is 1. The molecule has 3 unspecified atom stereocenters. The molecule has 1 aliphatic heterocycles. The van der Waals surface area contributed by atoms with Crippen molar-refractivity contribution in [3.63, 3.8) is 0 Å². The average molecular weight is 614 g/mol. The Morgan fingerprint density at radius 1 is 1.28 bits per heavy atom. The van der Waals surface area contributed by atoms with Crippen LogP contribution in [-0.4, -0.2) is 67.4 Å². The summed E-state index contributed by atoms with van der Waals surface area (Å²) in [5, 5.41) is 12.8. The average Bonchev–Trinajstić information content (AvgIpc) is 3.18. The highest BCUT2D eigenvalue weighted by Gasteiger charge is 2.58. The molecule has 1 saturated heterocycles. The maximum absolute atomic E-state index is 12.2. The lowest BCUT2D eigenvalue weighted by atomic mass is 9.97. The van der Waals surface area contributed by atoms with Gasteiger partial charge in [0.05, 0.1) is 12.4 Å². The Bertz CT molecular complexity index is 1430. The van der Waals surface area contributed by atoms with Gasteiger partial charge in [0.2, 0.25) is 5.95 Å². The van der Waals surface area contributed by atoms with Crippen molar-refractivity contribution in [3.05, 3.63) is 16.7 Å². The monoisotopic (exact) mass is 613 g/mol. The number of nitrogen functional groups attached to an aromatic ring is 1. The van der Waals surface area contributed by atoms with Crippen molar-refractivity contribution in [1.29, 1.82) is 0 Å². The first kappa shape index (κ1) is 29.2. The number of ether oxygens (including phenoxy) is 1. The van der Waals surface area contributed by atoms with Crippen molar-refractivity contribution >= 4 is 63.8 Å². The summed E-state index contributed by atoms with van der Waals surface area (Å²) in [6.45, 7) is 1.05. The van der Waals surface area contributed by atoms with Gasteiger partial charge in [0.1, 0.15) is 12.2 Å². The normalized spacial score (nSPS) is 28.7. The minimum atomic E-state index is -5.80. The summed E-state index contributed by atoms with van der Waals surface area (Å²) in [4.78, 5) is 56.3. The number of fused-ring (bicyclic) bond motifs is 1. The van der Waals surface area contributed by atoms with Crippen molar-refractivity contribution in [1.82, 2.24) is 19.5 Å². The Morgan fingerprint density at radius 2 is 1.92 bits per heavy atom. The molecule has 0 aliphatic carbocycles. The molecule has 0 aromatic carbocycles. The van der Waals surface area contributed by atoms with Crippen LogP contribution in [0.3, 0.4) is 0 Å². The highest BCUT2D eigenvalue weighted by molar-refractivity contribution is 7.66. The van der Waals surface area contributed by atoms with E-state index in [-0.39, 0.29) is 17.1 Å². The number of phosphoric ester groups is 1. The third-order valence-electron chi connectivity index (χ3n) is 4.51. The number of aliphatic hydroxyl groups is 1. The molecule has 0 spiro atoms. The van der Waals surface area contributed by atoms with Gasteiger partial charge in [-0.2, -0.15) is 13.6 Å². The second-order valence-electron chi connectivity index (χ2n) is 7.06. The van der Waals surface area contributed by atoms with Gasteiger partial charge >= 0.3 is 23.5 Å². The molecule has 0 bridgehead atoms. The molecule has 2 aromatic heterocycles. The summed E-state index contributed by atoms with van der Waals surface area (Å²) >= 11 is 12.0. The van der Waals surface area contributed by atoms with Crippen molar-refractivity contribution in [2.45, 2.75) is 36.3 Å². The number of nitrogens with one attached hydrogen (secondary N) is 1. The second kappa shape index (κ2) is 10.1. The number of halogens is 2. The van der Waals surface area contributed by atoms with Crippen LogP contribution in [0.15, 0.2) is 11.1 Å². The molecule has 1 aliphatic rings. The van der Waals surface area contributed by atoms with E-state index < -0.39 is 58.4 Å². The van der Waals surface area contributed by atoms with Gasteiger partial charge in [-0.3, -0.25) is 18.9 Å². The number of aromatic nitrogens is 4. The fourth-order valence-corrected chi connectivity index (χ4v) is 6.97.